The fourth-order valence-corrected chi connectivity index (χ4v) is 13.2. The summed E-state index contributed by atoms with van der Waals surface area (Å²) in [6, 6.07) is 109. The molecule has 76 heavy (non-hydrogen) atoms. The van der Waals surface area contributed by atoms with E-state index in [9.17, 15) is 0 Å². The van der Waals surface area contributed by atoms with Crippen molar-refractivity contribution in [3.05, 3.63) is 342 Å². The molecular weight excluding hydrogens is 919 g/mol. The number of para-hydroxylation sites is 1. The minimum absolute atomic E-state index is 0.558. The van der Waals surface area contributed by atoms with Gasteiger partial charge in [-0.15, -0.1) is 0 Å². The van der Waals surface area contributed by atoms with Gasteiger partial charge in [0.05, 0.1) is 10.8 Å². The van der Waals surface area contributed by atoms with Crippen LogP contribution in [0, 0.1) is 0 Å². The van der Waals surface area contributed by atoms with Gasteiger partial charge in [0.15, 0.2) is 0 Å². The molecule has 12 aromatic carbocycles. The molecule has 0 saturated carbocycles. The van der Waals surface area contributed by atoms with Crippen LogP contribution in [-0.4, -0.2) is 0 Å². The average molecular weight is 968 g/mol. The van der Waals surface area contributed by atoms with Crippen LogP contribution in [0.3, 0.4) is 0 Å². The Morgan fingerprint density at radius 2 is 0.645 bits per heavy atom. The Balaban J connectivity index is 0.933. The molecular formula is C74H49NO. The molecule has 2 aliphatic carbocycles. The van der Waals surface area contributed by atoms with Gasteiger partial charge in [0, 0.05) is 39.5 Å². The summed E-state index contributed by atoms with van der Waals surface area (Å²) in [7, 11) is 0. The molecule has 0 bridgehead atoms. The third-order valence-electron chi connectivity index (χ3n) is 16.5. The van der Waals surface area contributed by atoms with Gasteiger partial charge in [0.2, 0.25) is 0 Å². The third kappa shape index (κ3) is 6.47. The lowest BCUT2D eigenvalue weighted by Crippen LogP contribution is -2.28. The summed E-state index contributed by atoms with van der Waals surface area (Å²) >= 11 is 0. The number of benzene rings is 12. The van der Waals surface area contributed by atoms with Crippen molar-refractivity contribution in [2.75, 3.05) is 4.90 Å². The zero-order chi connectivity index (χ0) is 50.2. The molecule has 0 unspecified atom stereocenters. The smallest absolute Gasteiger partial charge is 0.140 e. The van der Waals surface area contributed by atoms with Crippen LogP contribution in [0.25, 0.3) is 66.4 Å². The van der Waals surface area contributed by atoms with E-state index in [2.05, 4.69) is 302 Å². The van der Waals surface area contributed by atoms with Crippen LogP contribution >= 0.6 is 0 Å². The largest absolute Gasteiger partial charge is 0.456 e. The highest BCUT2D eigenvalue weighted by Crippen LogP contribution is 2.59. The van der Waals surface area contributed by atoms with E-state index >= 15 is 0 Å². The predicted molar refractivity (Wildman–Crippen MR) is 314 cm³/mol. The van der Waals surface area contributed by atoms with Gasteiger partial charge in [-0.05, 0) is 120 Å². The Hall–Kier alpha value is -9.76. The van der Waals surface area contributed by atoms with E-state index < -0.39 is 10.8 Å². The van der Waals surface area contributed by atoms with Gasteiger partial charge < -0.3 is 9.32 Å². The summed E-state index contributed by atoms with van der Waals surface area (Å²) in [6.45, 7) is 0. The van der Waals surface area contributed by atoms with Crippen LogP contribution in [0.5, 0.6) is 0 Å². The van der Waals surface area contributed by atoms with Crippen molar-refractivity contribution < 1.29 is 4.42 Å². The van der Waals surface area contributed by atoms with Gasteiger partial charge in [0.25, 0.3) is 0 Å². The van der Waals surface area contributed by atoms with Gasteiger partial charge in [0.1, 0.15) is 11.2 Å². The second kappa shape index (κ2) is 17.4. The summed E-state index contributed by atoms with van der Waals surface area (Å²) in [6.07, 6.45) is 0. The first-order valence-electron chi connectivity index (χ1n) is 26.3. The number of furan rings is 1. The van der Waals surface area contributed by atoms with Crippen LogP contribution < -0.4 is 4.90 Å². The molecule has 2 nitrogen and oxygen atoms in total. The highest BCUT2D eigenvalue weighted by molar-refractivity contribution is 6.08. The van der Waals surface area contributed by atoms with E-state index in [1.54, 1.807) is 0 Å². The number of hydrogen-bond acceptors (Lipinski definition) is 2. The Kier molecular flexibility index (Phi) is 10.0. The van der Waals surface area contributed by atoms with Crippen molar-refractivity contribution in [3.63, 3.8) is 0 Å². The SMILES string of the molecule is c1ccc(-c2ccc(-c3ccc(N(c4ccc5c(c4)C(c4ccccc4)(c4ccccc4)c4ccccc4-5)c4ccc5c(c4)oc4c(C6(c7ccccc7)c7ccccc7-c7ccccc76)cccc45)cc3)cc2)cc1. The molecule has 15 rings (SSSR count). The minimum Gasteiger partial charge on any atom is -0.456 e. The van der Waals surface area contributed by atoms with Gasteiger partial charge in [-0.1, -0.05) is 255 Å². The number of anilines is 3. The van der Waals surface area contributed by atoms with E-state index in [4.69, 9.17) is 4.42 Å². The number of nitrogens with zero attached hydrogens (tertiary/aromatic N) is 1. The maximum atomic E-state index is 7.39. The summed E-state index contributed by atoms with van der Waals surface area (Å²) in [4.78, 5) is 2.41. The summed E-state index contributed by atoms with van der Waals surface area (Å²) < 4.78 is 7.39. The van der Waals surface area contributed by atoms with Crippen LogP contribution in [0.1, 0.15) is 44.5 Å². The fraction of sp³-hybridized carbons (Fsp3) is 0.0270. The molecule has 0 radical (unpaired) electrons. The van der Waals surface area contributed by atoms with E-state index in [1.807, 2.05) is 0 Å². The first-order chi connectivity index (χ1) is 37.7. The molecule has 0 saturated heterocycles. The normalized spacial score (nSPS) is 13.5. The Bertz CT molecular complexity index is 4230. The van der Waals surface area contributed by atoms with Crippen molar-refractivity contribution in [1.82, 2.24) is 0 Å². The molecule has 2 heteroatoms. The van der Waals surface area contributed by atoms with Crippen molar-refractivity contribution in [2.45, 2.75) is 10.8 Å². The van der Waals surface area contributed by atoms with Crippen LogP contribution in [-0.2, 0) is 10.8 Å². The molecule has 13 aromatic rings. The molecule has 1 heterocycles. The van der Waals surface area contributed by atoms with Gasteiger partial charge in [-0.2, -0.15) is 0 Å². The Morgan fingerprint density at radius 3 is 1.20 bits per heavy atom. The molecule has 0 aliphatic heterocycles. The standard InChI is InChI=1S/C74H49NO/c1-5-20-50(21-6-1)51-36-38-52(39-37-51)53-40-42-57(43-41-53)75(58-44-46-63-62-30-13-16-32-66(62)73(70(63)48-58,54-22-7-2-8-23-54)55-24-9-3-10-25-55)59-45-47-64-65-31-19-35-69(72(65)76-71(64)49-59)74(56-26-11-4-12-27-56)67-33-17-14-28-60(67)61-29-15-18-34-68(61)74/h1-49H. The lowest BCUT2D eigenvalue weighted by molar-refractivity contribution is 0.648. The van der Waals surface area contributed by atoms with Crippen LogP contribution in [0.2, 0.25) is 0 Å². The lowest BCUT2D eigenvalue weighted by Gasteiger charge is -2.35. The first kappa shape index (κ1) is 43.8. The highest BCUT2D eigenvalue weighted by atomic mass is 16.3. The number of rotatable bonds is 9. The Labute approximate surface area is 443 Å². The molecule has 1 aromatic heterocycles. The van der Waals surface area contributed by atoms with Gasteiger partial charge in [-0.3, -0.25) is 0 Å². The monoisotopic (exact) mass is 967 g/mol. The zero-order valence-corrected chi connectivity index (χ0v) is 41.6. The maximum absolute atomic E-state index is 7.39. The van der Waals surface area contributed by atoms with Gasteiger partial charge in [-0.25, -0.2) is 0 Å². The zero-order valence-electron chi connectivity index (χ0n) is 41.6. The summed E-state index contributed by atoms with van der Waals surface area (Å²) in [5.74, 6) is 0. The number of hydrogen-bond donors (Lipinski definition) is 0. The molecule has 2 aliphatic rings. The van der Waals surface area contributed by atoms with E-state index in [0.29, 0.717) is 0 Å². The minimum atomic E-state index is -0.605. The quantitative estimate of drug-likeness (QED) is 0.143. The molecule has 0 amide bonds. The van der Waals surface area contributed by atoms with E-state index in [-0.39, 0.29) is 0 Å². The first-order valence-corrected chi connectivity index (χ1v) is 26.3. The molecule has 0 N–H and O–H groups in total. The summed E-state index contributed by atoms with van der Waals surface area (Å²) in [5, 5.41) is 2.17. The van der Waals surface area contributed by atoms with E-state index in [0.717, 1.165) is 50.1 Å². The van der Waals surface area contributed by atoms with Crippen molar-refractivity contribution >= 4 is 39.0 Å². The van der Waals surface area contributed by atoms with Crippen LogP contribution in [0.15, 0.2) is 302 Å². The topological polar surface area (TPSA) is 16.4 Å². The second-order valence-electron chi connectivity index (χ2n) is 20.3. The number of fused-ring (bicyclic) bond motifs is 9. The van der Waals surface area contributed by atoms with Crippen LogP contribution in [0.4, 0.5) is 17.1 Å². The second-order valence-corrected chi connectivity index (χ2v) is 20.3. The van der Waals surface area contributed by atoms with Crippen molar-refractivity contribution in [1.29, 1.82) is 0 Å². The van der Waals surface area contributed by atoms with E-state index in [1.165, 1.54) is 77.9 Å². The molecule has 356 valence electrons. The third-order valence-corrected chi connectivity index (χ3v) is 16.5. The lowest BCUT2D eigenvalue weighted by atomic mass is 9.67. The molecule has 0 spiro atoms. The average Bonchev–Trinajstić information content (AvgIpc) is 4.15. The van der Waals surface area contributed by atoms with Crippen molar-refractivity contribution in [2.24, 2.45) is 0 Å². The summed E-state index contributed by atoms with van der Waals surface area (Å²) in [5.41, 5.74) is 23.3. The fourth-order valence-electron chi connectivity index (χ4n) is 13.2. The van der Waals surface area contributed by atoms with Crippen molar-refractivity contribution in [3.8, 4) is 44.5 Å². The van der Waals surface area contributed by atoms with Gasteiger partial charge >= 0.3 is 0 Å². The molecule has 0 atom stereocenters. The maximum Gasteiger partial charge on any atom is 0.140 e. The predicted octanol–water partition coefficient (Wildman–Crippen LogP) is 19.1. The molecule has 0 fully saturated rings. The highest BCUT2D eigenvalue weighted by Gasteiger charge is 2.48. The Morgan fingerprint density at radius 1 is 0.250 bits per heavy atom.